The second kappa shape index (κ2) is 11.5. The van der Waals surface area contributed by atoms with E-state index < -0.39 is 0 Å². The first-order valence-corrected chi connectivity index (χ1v) is 13.7. The van der Waals surface area contributed by atoms with Gasteiger partial charge in [0.25, 0.3) is 0 Å². The minimum absolute atomic E-state index is 0.0641. The number of halogens is 2. The predicted octanol–water partition coefficient (Wildman–Crippen LogP) is 6.37. The standard InChI is InChI=1S/C29H30Cl2N4O5/c1-17(12-23(36)38-4)15-39-22-7-5-6-20(24(22)31)26-34-25-27(32-16-33-28(25)40-29(2)10-11-29)35(26)14-18-13-19(30)8-9-21(18)37-3/h5-9,13,16-17H,10-12,14-15H2,1-4H3/t17-/m0/s1. The van der Waals surface area contributed by atoms with E-state index in [9.17, 15) is 4.79 Å². The van der Waals surface area contributed by atoms with Crippen molar-refractivity contribution in [2.24, 2.45) is 5.92 Å². The van der Waals surface area contributed by atoms with E-state index in [0.717, 1.165) is 18.4 Å². The molecule has 0 bridgehead atoms. The summed E-state index contributed by atoms with van der Waals surface area (Å²) >= 11 is 13.3. The number of fused-ring (bicyclic) bond motifs is 1. The lowest BCUT2D eigenvalue weighted by molar-refractivity contribution is -0.141. The maximum absolute atomic E-state index is 11.6. The Hall–Kier alpha value is -3.56. The van der Waals surface area contributed by atoms with Gasteiger partial charge in [0.2, 0.25) is 5.88 Å². The number of methoxy groups -OCH3 is 2. The average Bonchev–Trinajstić information content (AvgIpc) is 3.55. The van der Waals surface area contributed by atoms with Gasteiger partial charge in [0.1, 0.15) is 29.3 Å². The molecule has 0 radical (unpaired) electrons. The van der Waals surface area contributed by atoms with Crippen LogP contribution in [-0.2, 0) is 16.1 Å². The zero-order valence-corrected chi connectivity index (χ0v) is 24.3. The van der Waals surface area contributed by atoms with Crippen LogP contribution in [-0.4, -0.2) is 51.9 Å². The SMILES string of the molecule is COC(=O)C[C@H](C)COc1cccc(-c2nc3c(OC4(C)CC4)ncnc3n2Cc2cc(Cl)ccc2OC)c1Cl. The van der Waals surface area contributed by atoms with Gasteiger partial charge in [-0.3, -0.25) is 4.79 Å². The molecular formula is C29H30Cl2N4O5. The fourth-order valence-electron chi connectivity index (χ4n) is 4.35. The van der Waals surface area contributed by atoms with Gasteiger partial charge in [0.15, 0.2) is 11.2 Å². The summed E-state index contributed by atoms with van der Waals surface area (Å²) < 4.78 is 24.6. The smallest absolute Gasteiger partial charge is 0.305 e. The third kappa shape index (κ3) is 5.95. The van der Waals surface area contributed by atoms with Crippen molar-refractivity contribution in [1.29, 1.82) is 0 Å². The second-order valence-electron chi connectivity index (χ2n) is 10.2. The first-order chi connectivity index (χ1) is 19.2. The van der Waals surface area contributed by atoms with Gasteiger partial charge >= 0.3 is 5.97 Å². The zero-order valence-electron chi connectivity index (χ0n) is 22.7. The molecule has 0 amide bonds. The van der Waals surface area contributed by atoms with Gasteiger partial charge in [0.05, 0.1) is 38.8 Å². The van der Waals surface area contributed by atoms with Crippen molar-refractivity contribution in [2.45, 2.75) is 45.3 Å². The van der Waals surface area contributed by atoms with E-state index >= 15 is 0 Å². The van der Waals surface area contributed by atoms with E-state index in [4.69, 9.17) is 47.1 Å². The first kappa shape index (κ1) is 28.0. The van der Waals surface area contributed by atoms with Gasteiger partial charge in [0, 0.05) is 22.1 Å². The molecule has 0 saturated heterocycles. The van der Waals surface area contributed by atoms with Crippen molar-refractivity contribution in [1.82, 2.24) is 19.5 Å². The van der Waals surface area contributed by atoms with Crippen LogP contribution in [0.15, 0.2) is 42.7 Å². The number of carbonyl (C=O) groups excluding carboxylic acids is 1. The number of imidazole rings is 1. The molecule has 5 rings (SSSR count). The topological polar surface area (TPSA) is 97.6 Å². The Morgan fingerprint density at radius 1 is 1.12 bits per heavy atom. The summed E-state index contributed by atoms with van der Waals surface area (Å²) in [7, 11) is 2.98. The molecule has 0 aliphatic heterocycles. The molecule has 1 aliphatic rings. The van der Waals surface area contributed by atoms with E-state index in [1.165, 1.54) is 13.4 Å². The minimum Gasteiger partial charge on any atom is -0.496 e. The molecule has 0 spiro atoms. The van der Waals surface area contributed by atoms with Crippen molar-refractivity contribution in [3.8, 4) is 28.8 Å². The van der Waals surface area contributed by atoms with Gasteiger partial charge in [-0.25, -0.2) is 9.97 Å². The molecular weight excluding hydrogens is 555 g/mol. The number of aromatic nitrogens is 4. The van der Waals surface area contributed by atoms with Crippen molar-refractivity contribution in [2.75, 3.05) is 20.8 Å². The van der Waals surface area contributed by atoms with Gasteiger partial charge in [-0.15, -0.1) is 0 Å². The van der Waals surface area contributed by atoms with Gasteiger partial charge in [-0.1, -0.05) is 36.2 Å². The van der Waals surface area contributed by atoms with Gasteiger partial charge in [-0.2, -0.15) is 4.98 Å². The second-order valence-corrected chi connectivity index (χ2v) is 11.0. The number of carbonyl (C=O) groups is 1. The van der Waals surface area contributed by atoms with Crippen LogP contribution in [0.25, 0.3) is 22.6 Å². The zero-order chi connectivity index (χ0) is 28.4. The molecule has 1 atom stereocenters. The van der Waals surface area contributed by atoms with E-state index in [0.29, 0.717) is 56.5 Å². The maximum Gasteiger partial charge on any atom is 0.305 e. The number of nitrogens with zero attached hydrogens (tertiary/aromatic N) is 4. The molecule has 0 unspecified atom stereocenters. The van der Waals surface area contributed by atoms with Crippen molar-refractivity contribution >= 4 is 40.3 Å². The molecule has 2 aromatic heterocycles. The summed E-state index contributed by atoms with van der Waals surface area (Å²) in [5.41, 5.74) is 2.34. The molecule has 11 heteroatoms. The molecule has 0 N–H and O–H groups in total. The van der Waals surface area contributed by atoms with Gasteiger partial charge in [-0.05, 0) is 50.1 Å². The Labute approximate surface area is 242 Å². The predicted molar refractivity (Wildman–Crippen MR) is 152 cm³/mol. The highest BCUT2D eigenvalue weighted by molar-refractivity contribution is 6.34. The Bertz CT molecular complexity index is 1550. The van der Waals surface area contributed by atoms with Crippen LogP contribution in [0.1, 0.15) is 38.7 Å². The van der Waals surface area contributed by atoms with E-state index in [-0.39, 0.29) is 30.5 Å². The number of benzene rings is 2. The summed E-state index contributed by atoms with van der Waals surface area (Å²) in [5, 5.41) is 0.962. The van der Waals surface area contributed by atoms with Crippen LogP contribution in [0, 0.1) is 5.92 Å². The summed E-state index contributed by atoms with van der Waals surface area (Å²) in [5.74, 6) is 1.77. The monoisotopic (exact) mass is 584 g/mol. The minimum atomic E-state index is -0.291. The highest BCUT2D eigenvalue weighted by Crippen LogP contribution is 2.42. The van der Waals surface area contributed by atoms with Crippen LogP contribution >= 0.6 is 23.2 Å². The summed E-state index contributed by atoms with van der Waals surface area (Å²) in [6, 6.07) is 11.0. The van der Waals surface area contributed by atoms with Crippen LogP contribution in [0.3, 0.4) is 0 Å². The quantitative estimate of drug-likeness (QED) is 0.188. The molecule has 4 aromatic rings. The summed E-state index contributed by atoms with van der Waals surface area (Å²) in [6.07, 6.45) is 3.62. The van der Waals surface area contributed by atoms with Crippen LogP contribution in [0.2, 0.25) is 10.0 Å². The Morgan fingerprint density at radius 3 is 2.65 bits per heavy atom. The molecule has 2 heterocycles. The van der Waals surface area contributed by atoms with Crippen LogP contribution < -0.4 is 14.2 Å². The molecule has 9 nitrogen and oxygen atoms in total. The van der Waals surface area contributed by atoms with E-state index in [1.807, 2.05) is 35.8 Å². The van der Waals surface area contributed by atoms with Crippen molar-refractivity contribution in [3.63, 3.8) is 0 Å². The lowest BCUT2D eigenvalue weighted by Gasteiger charge is -2.16. The number of esters is 1. The number of hydrogen-bond donors (Lipinski definition) is 0. The molecule has 40 heavy (non-hydrogen) atoms. The number of rotatable bonds is 11. The Balaban J connectivity index is 1.58. The normalized spacial score (nSPS) is 14.6. The lowest BCUT2D eigenvalue weighted by atomic mass is 10.1. The van der Waals surface area contributed by atoms with Gasteiger partial charge < -0.3 is 23.5 Å². The fourth-order valence-corrected chi connectivity index (χ4v) is 4.81. The molecule has 1 fully saturated rings. The van der Waals surface area contributed by atoms with Crippen molar-refractivity contribution in [3.05, 3.63) is 58.3 Å². The molecule has 1 saturated carbocycles. The Kier molecular flexibility index (Phi) is 8.05. The molecule has 210 valence electrons. The average molecular weight is 585 g/mol. The van der Waals surface area contributed by atoms with Crippen LogP contribution in [0.4, 0.5) is 0 Å². The highest BCUT2D eigenvalue weighted by Gasteiger charge is 2.41. The third-order valence-corrected chi connectivity index (χ3v) is 7.46. The number of hydrogen-bond acceptors (Lipinski definition) is 8. The molecule has 1 aliphatic carbocycles. The van der Waals surface area contributed by atoms with E-state index in [2.05, 4.69) is 16.9 Å². The highest BCUT2D eigenvalue weighted by atomic mass is 35.5. The lowest BCUT2D eigenvalue weighted by Crippen LogP contribution is -2.14. The first-order valence-electron chi connectivity index (χ1n) is 12.9. The number of ether oxygens (including phenoxy) is 4. The third-order valence-electron chi connectivity index (χ3n) is 6.84. The van der Waals surface area contributed by atoms with E-state index in [1.54, 1.807) is 19.2 Å². The van der Waals surface area contributed by atoms with Crippen LogP contribution in [0.5, 0.6) is 17.4 Å². The molecule has 2 aromatic carbocycles. The summed E-state index contributed by atoms with van der Waals surface area (Å²) in [6.45, 7) is 4.60. The summed E-state index contributed by atoms with van der Waals surface area (Å²) in [4.78, 5) is 25.6. The Morgan fingerprint density at radius 2 is 1.93 bits per heavy atom. The fraction of sp³-hybridized carbons (Fsp3) is 0.379. The largest absolute Gasteiger partial charge is 0.496 e. The maximum atomic E-state index is 11.6. The van der Waals surface area contributed by atoms with Crippen molar-refractivity contribution < 1.29 is 23.7 Å².